The molecule has 0 aliphatic carbocycles. The third kappa shape index (κ3) is 2.74. The summed E-state index contributed by atoms with van der Waals surface area (Å²) in [5.41, 5.74) is 0.968. The summed E-state index contributed by atoms with van der Waals surface area (Å²) in [5.74, 6) is 1.25. The fourth-order valence-electron chi connectivity index (χ4n) is 1.36. The van der Waals surface area contributed by atoms with E-state index in [1.165, 1.54) is 12.1 Å². The molecule has 0 aromatic heterocycles. The van der Waals surface area contributed by atoms with E-state index >= 15 is 0 Å². The van der Waals surface area contributed by atoms with E-state index in [1.54, 1.807) is 18.2 Å². The van der Waals surface area contributed by atoms with Crippen molar-refractivity contribution in [3.63, 3.8) is 0 Å². The molecule has 2 rings (SSSR count). The molecule has 0 N–H and O–H groups in total. The molecule has 2 aromatic rings. The highest BCUT2D eigenvalue weighted by Gasteiger charge is 1.99. The van der Waals surface area contributed by atoms with Crippen LogP contribution in [-0.2, 0) is 5.88 Å². The Balaban J connectivity index is 2.20. The number of hydrogen-bond donors (Lipinski definition) is 0. The van der Waals surface area contributed by atoms with Crippen molar-refractivity contribution in [1.82, 2.24) is 0 Å². The lowest BCUT2D eigenvalue weighted by Crippen LogP contribution is -1.86. The van der Waals surface area contributed by atoms with Crippen LogP contribution in [0.15, 0.2) is 48.5 Å². The average Bonchev–Trinajstić information content (AvgIpc) is 2.29. The summed E-state index contributed by atoms with van der Waals surface area (Å²) in [6, 6.07) is 13.4. The van der Waals surface area contributed by atoms with Crippen LogP contribution in [-0.4, -0.2) is 0 Å². The Morgan fingerprint density at radius 3 is 2.38 bits per heavy atom. The predicted octanol–water partition coefficient (Wildman–Crippen LogP) is 4.36. The summed E-state index contributed by atoms with van der Waals surface area (Å²) in [6.45, 7) is 0. The average molecular weight is 237 g/mol. The van der Waals surface area contributed by atoms with E-state index in [0.717, 1.165) is 5.56 Å². The van der Waals surface area contributed by atoms with Crippen molar-refractivity contribution >= 4 is 11.6 Å². The van der Waals surface area contributed by atoms with Crippen molar-refractivity contribution < 1.29 is 9.13 Å². The molecule has 82 valence electrons. The van der Waals surface area contributed by atoms with Gasteiger partial charge in [0.15, 0.2) is 0 Å². The van der Waals surface area contributed by atoms with Gasteiger partial charge in [-0.2, -0.15) is 0 Å². The van der Waals surface area contributed by atoms with Crippen LogP contribution in [0.5, 0.6) is 11.5 Å². The smallest absolute Gasteiger partial charge is 0.130 e. The highest BCUT2D eigenvalue weighted by Crippen LogP contribution is 2.23. The van der Waals surface area contributed by atoms with E-state index in [4.69, 9.17) is 16.3 Å². The number of benzene rings is 2. The van der Waals surface area contributed by atoms with Crippen LogP contribution < -0.4 is 4.74 Å². The molecule has 1 nitrogen and oxygen atoms in total. The summed E-state index contributed by atoms with van der Waals surface area (Å²) in [4.78, 5) is 0. The normalized spacial score (nSPS) is 10.1. The Morgan fingerprint density at radius 1 is 1.00 bits per heavy atom. The van der Waals surface area contributed by atoms with Crippen molar-refractivity contribution in [2.75, 3.05) is 0 Å². The molecule has 0 aliphatic rings. The van der Waals surface area contributed by atoms with Crippen molar-refractivity contribution in [3.8, 4) is 11.5 Å². The highest BCUT2D eigenvalue weighted by atomic mass is 35.5. The molecule has 0 atom stereocenters. The number of hydrogen-bond acceptors (Lipinski definition) is 1. The van der Waals surface area contributed by atoms with Crippen LogP contribution in [0.3, 0.4) is 0 Å². The summed E-state index contributed by atoms with van der Waals surface area (Å²) >= 11 is 5.71. The van der Waals surface area contributed by atoms with Gasteiger partial charge in [-0.25, -0.2) is 4.39 Å². The predicted molar refractivity (Wildman–Crippen MR) is 62.5 cm³/mol. The minimum absolute atomic E-state index is 0.314. The molecule has 0 saturated carbocycles. The molecule has 0 fully saturated rings. The largest absolute Gasteiger partial charge is 0.457 e. The van der Waals surface area contributed by atoms with Gasteiger partial charge in [0, 0.05) is 11.9 Å². The second kappa shape index (κ2) is 4.99. The van der Waals surface area contributed by atoms with Crippen LogP contribution in [0, 0.1) is 5.82 Å². The molecular formula is C13H10ClFO. The Hall–Kier alpha value is -1.54. The van der Waals surface area contributed by atoms with Gasteiger partial charge in [0.05, 0.1) is 0 Å². The SMILES string of the molecule is Fc1cccc(Oc2cccc(CCl)c2)c1. The van der Waals surface area contributed by atoms with Gasteiger partial charge in [-0.05, 0) is 29.8 Å². The topological polar surface area (TPSA) is 9.23 Å². The molecular weight excluding hydrogens is 227 g/mol. The lowest BCUT2D eigenvalue weighted by atomic mass is 10.2. The number of rotatable bonds is 3. The van der Waals surface area contributed by atoms with E-state index < -0.39 is 0 Å². The zero-order chi connectivity index (χ0) is 11.4. The third-order valence-electron chi connectivity index (χ3n) is 2.08. The van der Waals surface area contributed by atoms with Crippen LogP contribution in [0.2, 0.25) is 0 Å². The zero-order valence-electron chi connectivity index (χ0n) is 8.49. The molecule has 0 radical (unpaired) electrons. The molecule has 0 spiro atoms. The third-order valence-corrected chi connectivity index (χ3v) is 2.39. The first-order valence-corrected chi connectivity index (χ1v) is 5.40. The van der Waals surface area contributed by atoms with Crippen LogP contribution in [0.4, 0.5) is 4.39 Å². The van der Waals surface area contributed by atoms with E-state index in [-0.39, 0.29) is 5.82 Å². The molecule has 0 unspecified atom stereocenters. The van der Waals surface area contributed by atoms with Crippen molar-refractivity contribution in [2.45, 2.75) is 5.88 Å². The van der Waals surface area contributed by atoms with Gasteiger partial charge in [0.2, 0.25) is 0 Å². The van der Waals surface area contributed by atoms with Gasteiger partial charge in [0.25, 0.3) is 0 Å². The minimum atomic E-state index is -0.314. The summed E-state index contributed by atoms with van der Waals surface area (Å²) < 4.78 is 18.4. The van der Waals surface area contributed by atoms with Crippen LogP contribution in [0.1, 0.15) is 5.56 Å². The maximum Gasteiger partial charge on any atom is 0.130 e. The molecule has 3 heteroatoms. The Labute approximate surface area is 98.4 Å². The molecule has 0 amide bonds. The number of ether oxygens (including phenoxy) is 1. The van der Waals surface area contributed by atoms with Crippen molar-refractivity contribution in [3.05, 3.63) is 59.9 Å². The molecule has 0 saturated heterocycles. The maximum absolute atomic E-state index is 12.9. The lowest BCUT2D eigenvalue weighted by Gasteiger charge is -2.06. The second-order valence-corrected chi connectivity index (χ2v) is 3.61. The standard InChI is InChI=1S/C13H10ClFO/c14-9-10-3-1-5-12(7-10)16-13-6-2-4-11(15)8-13/h1-8H,9H2. The van der Waals surface area contributed by atoms with Crippen molar-refractivity contribution in [2.24, 2.45) is 0 Å². The maximum atomic E-state index is 12.9. The first kappa shape index (κ1) is 11.0. The fourth-order valence-corrected chi connectivity index (χ4v) is 1.52. The van der Waals surface area contributed by atoms with Gasteiger partial charge >= 0.3 is 0 Å². The van der Waals surface area contributed by atoms with Crippen LogP contribution in [0.25, 0.3) is 0 Å². The van der Waals surface area contributed by atoms with Gasteiger partial charge in [-0.15, -0.1) is 11.6 Å². The fraction of sp³-hybridized carbons (Fsp3) is 0.0769. The minimum Gasteiger partial charge on any atom is -0.457 e. The van der Waals surface area contributed by atoms with Crippen LogP contribution >= 0.6 is 11.6 Å². The van der Waals surface area contributed by atoms with E-state index in [2.05, 4.69) is 0 Å². The quantitative estimate of drug-likeness (QED) is 0.720. The van der Waals surface area contributed by atoms with E-state index in [0.29, 0.717) is 17.4 Å². The monoisotopic (exact) mass is 236 g/mol. The molecule has 16 heavy (non-hydrogen) atoms. The lowest BCUT2D eigenvalue weighted by molar-refractivity contribution is 0.476. The molecule has 0 heterocycles. The number of halogens is 2. The van der Waals surface area contributed by atoms with Gasteiger partial charge < -0.3 is 4.74 Å². The first-order valence-electron chi connectivity index (χ1n) is 4.86. The summed E-state index contributed by atoms with van der Waals surface area (Å²) in [5, 5.41) is 0. The zero-order valence-corrected chi connectivity index (χ0v) is 9.25. The molecule has 2 aromatic carbocycles. The van der Waals surface area contributed by atoms with Gasteiger partial charge in [0.1, 0.15) is 17.3 Å². The second-order valence-electron chi connectivity index (χ2n) is 3.34. The first-order chi connectivity index (χ1) is 7.78. The molecule has 0 bridgehead atoms. The Kier molecular flexibility index (Phi) is 3.42. The van der Waals surface area contributed by atoms with E-state index in [1.807, 2.05) is 18.2 Å². The van der Waals surface area contributed by atoms with Gasteiger partial charge in [-0.3, -0.25) is 0 Å². The summed E-state index contributed by atoms with van der Waals surface area (Å²) in [6.07, 6.45) is 0. The molecule has 0 aliphatic heterocycles. The summed E-state index contributed by atoms with van der Waals surface area (Å²) in [7, 11) is 0. The van der Waals surface area contributed by atoms with Crippen molar-refractivity contribution in [1.29, 1.82) is 0 Å². The Morgan fingerprint density at radius 2 is 1.69 bits per heavy atom. The van der Waals surface area contributed by atoms with E-state index in [9.17, 15) is 4.39 Å². The number of alkyl halides is 1. The Bertz CT molecular complexity index is 485. The van der Waals surface area contributed by atoms with Gasteiger partial charge in [-0.1, -0.05) is 18.2 Å². The highest BCUT2D eigenvalue weighted by molar-refractivity contribution is 6.17.